The minimum absolute atomic E-state index is 0.400. The summed E-state index contributed by atoms with van der Waals surface area (Å²) in [7, 11) is 3.20. The Morgan fingerprint density at radius 3 is 2.67 bits per heavy atom. The molecule has 0 radical (unpaired) electrons. The average molecular weight is 441 g/mol. The zero-order valence-electron chi connectivity index (χ0n) is 16.7. The van der Waals surface area contributed by atoms with Crippen molar-refractivity contribution in [2.75, 3.05) is 19.5 Å². The molecule has 0 atom stereocenters. The lowest BCUT2D eigenvalue weighted by molar-refractivity contribution is 0.393. The van der Waals surface area contributed by atoms with Crippen LogP contribution < -0.4 is 14.8 Å². The van der Waals surface area contributed by atoms with Crippen LogP contribution in [0.15, 0.2) is 57.5 Å². The van der Waals surface area contributed by atoms with Gasteiger partial charge in [-0.15, -0.1) is 21.5 Å². The van der Waals surface area contributed by atoms with Crippen LogP contribution in [0.1, 0.15) is 11.3 Å². The van der Waals surface area contributed by atoms with Gasteiger partial charge in [-0.25, -0.2) is 4.98 Å². The zero-order valence-corrected chi connectivity index (χ0v) is 18.3. The molecule has 0 amide bonds. The number of aromatic nitrogens is 3. The number of rotatable bonds is 8. The van der Waals surface area contributed by atoms with E-state index in [4.69, 9.17) is 13.9 Å². The third-order valence-electron chi connectivity index (χ3n) is 4.24. The van der Waals surface area contributed by atoms with Crippen molar-refractivity contribution in [3.63, 3.8) is 0 Å². The van der Waals surface area contributed by atoms with Crippen LogP contribution in [0.2, 0.25) is 0 Å². The molecule has 0 aliphatic carbocycles. The Bertz CT molecular complexity index is 1130. The molecular weight excluding hydrogens is 420 g/mol. The Balaban J connectivity index is 1.39. The van der Waals surface area contributed by atoms with Gasteiger partial charge in [0.2, 0.25) is 0 Å². The van der Waals surface area contributed by atoms with Crippen LogP contribution in [0.3, 0.4) is 0 Å². The summed E-state index contributed by atoms with van der Waals surface area (Å²) >= 11 is 3.01. The highest BCUT2D eigenvalue weighted by Gasteiger charge is 2.15. The summed E-state index contributed by atoms with van der Waals surface area (Å²) in [4.78, 5) is 4.62. The molecule has 0 spiro atoms. The fourth-order valence-electron chi connectivity index (χ4n) is 2.68. The Morgan fingerprint density at radius 2 is 1.90 bits per heavy atom. The second-order valence-electron chi connectivity index (χ2n) is 6.36. The quantitative estimate of drug-likeness (QED) is 0.357. The number of hydrogen-bond donors (Lipinski definition) is 1. The lowest BCUT2D eigenvalue weighted by Crippen LogP contribution is -1.90. The predicted molar refractivity (Wildman–Crippen MR) is 119 cm³/mol. The number of nitrogens with one attached hydrogen (secondary N) is 1. The van der Waals surface area contributed by atoms with Gasteiger partial charge in [0, 0.05) is 22.9 Å². The zero-order chi connectivity index (χ0) is 20.9. The van der Waals surface area contributed by atoms with Crippen molar-refractivity contribution in [2.24, 2.45) is 0 Å². The first-order valence-corrected chi connectivity index (χ1v) is 11.0. The third-order valence-corrected chi connectivity index (χ3v) is 5.90. The van der Waals surface area contributed by atoms with Gasteiger partial charge in [-0.2, -0.15) is 0 Å². The molecule has 0 unspecified atom stereocenters. The van der Waals surface area contributed by atoms with Crippen LogP contribution in [-0.4, -0.2) is 29.4 Å². The molecule has 0 aliphatic heterocycles. The first-order valence-electron chi connectivity index (χ1n) is 9.11. The molecule has 30 heavy (non-hydrogen) atoms. The van der Waals surface area contributed by atoms with Crippen LogP contribution in [0, 0.1) is 6.92 Å². The number of benzene rings is 2. The SMILES string of the molecule is COc1ccc(-c2nnc(SCc3csc(Nc4ccc(C)cc4)n3)o2)c(OC)c1. The van der Waals surface area contributed by atoms with Crippen molar-refractivity contribution in [2.45, 2.75) is 17.9 Å². The summed E-state index contributed by atoms with van der Waals surface area (Å²) in [6, 6.07) is 13.7. The van der Waals surface area contributed by atoms with Crippen LogP contribution in [0.25, 0.3) is 11.5 Å². The summed E-state index contributed by atoms with van der Waals surface area (Å²) in [5.74, 6) is 2.34. The summed E-state index contributed by atoms with van der Waals surface area (Å²) < 4.78 is 16.4. The molecule has 2 heterocycles. The monoisotopic (exact) mass is 440 g/mol. The summed E-state index contributed by atoms with van der Waals surface area (Å²) in [5.41, 5.74) is 3.91. The third kappa shape index (κ3) is 4.74. The highest BCUT2D eigenvalue weighted by molar-refractivity contribution is 7.98. The van der Waals surface area contributed by atoms with Crippen LogP contribution >= 0.6 is 23.1 Å². The minimum atomic E-state index is 0.400. The number of anilines is 2. The first-order chi connectivity index (χ1) is 14.6. The number of thioether (sulfide) groups is 1. The van der Waals surface area contributed by atoms with Gasteiger partial charge >= 0.3 is 0 Å². The van der Waals surface area contributed by atoms with Gasteiger partial charge in [-0.05, 0) is 31.2 Å². The molecular formula is C21H20N4O3S2. The molecule has 9 heteroatoms. The van der Waals surface area contributed by atoms with E-state index < -0.39 is 0 Å². The molecule has 0 saturated heterocycles. The van der Waals surface area contributed by atoms with E-state index in [9.17, 15) is 0 Å². The van der Waals surface area contributed by atoms with Crippen molar-refractivity contribution >= 4 is 33.9 Å². The molecule has 154 valence electrons. The van der Waals surface area contributed by atoms with Crippen LogP contribution in [0.4, 0.5) is 10.8 Å². The highest BCUT2D eigenvalue weighted by atomic mass is 32.2. The van der Waals surface area contributed by atoms with E-state index in [0.29, 0.717) is 28.4 Å². The van der Waals surface area contributed by atoms with E-state index in [1.165, 1.54) is 17.3 Å². The molecule has 4 aromatic rings. The molecule has 0 saturated carbocycles. The van der Waals surface area contributed by atoms with E-state index in [1.807, 2.05) is 29.6 Å². The smallest absolute Gasteiger partial charge is 0.277 e. The van der Waals surface area contributed by atoms with E-state index in [1.54, 1.807) is 31.6 Å². The Kier molecular flexibility index (Phi) is 6.20. The van der Waals surface area contributed by atoms with Gasteiger partial charge in [0.25, 0.3) is 11.1 Å². The van der Waals surface area contributed by atoms with Gasteiger partial charge in [0.1, 0.15) is 11.5 Å². The largest absolute Gasteiger partial charge is 0.497 e. The molecule has 1 N–H and O–H groups in total. The van der Waals surface area contributed by atoms with Gasteiger partial charge in [-0.3, -0.25) is 0 Å². The number of ether oxygens (including phenoxy) is 2. The van der Waals surface area contributed by atoms with Crippen LogP contribution in [-0.2, 0) is 5.75 Å². The minimum Gasteiger partial charge on any atom is -0.497 e. The Hall–Kier alpha value is -3.04. The van der Waals surface area contributed by atoms with Crippen molar-refractivity contribution in [3.05, 3.63) is 59.1 Å². The number of hydrogen-bond acceptors (Lipinski definition) is 9. The van der Waals surface area contributed by atoms with Gasteiger partial charge in [0.15, 0.2) is 5.13 Å². The van der Waals surface area contributed by atoms with E-state index in [-0.39, 0.29) is 0 Å². The normalized spacial score (nSPS) is 10.8. The van der Waals surface area contributed by atoms with Gasteiger partial charge in [-0.1, -0.05) is 29.5 Å². The summed E-state index contributed by atoms with van der Waals surface area (Å²) in [6.07, 6.45) is 0. The number of methoxy groups -OCH3 is 2. The highest BCUT2D eigenvalue weighted by Crippen LogP contribution is 2.34. The molecule has 2 aromatic heterocycles. The van der Waals surface area contributed by atoms with Crippen molar-refractivity contribution in [1.82, 2.24) is 15.2 Å². The summed E-state index contributed by atoms with van der Waals surface area (Å²) in [6.45, 7) is 2.07. The molecule has 0 bridgehead atoms. The fraction of sp³-hybridized carbons (Fsp3) is 0.190. The maximum absolute atomic E-state index is 5.80. The average Bonchev–Trinajstić information content (AvgIpc) is 3.43. The maximum Gasteiger partial charge on any atom is 0.277 e. The topological polar surface area (TPSA) is 82.3 Å². The van der Waals surface area contributed by atoms with Crippen LogP contribution in [0.5, 0.6) is 11.5 Å². The van der Waals surface area contributed by atoms with Crippen molar-refractivity contribution in [3.8, 4) is 23.0 Å². The second-order valence-corrected chi connectivity index (χ2v) is 8.15. The number of nitrogens with zero attached hydrogens (tertiary/aromatic N) is 3. The predicted octanol–water partition coefficient (Wildman–Crippen LogP) is 5.55. The van der Waals surface area contributed by atoms with E-state index in [2.05, 4.69) is 39.6 Å². The molecule has 7 nitrogen and oxygen atoms in total. The van der Waals surface area contributed by atoms with E-state index in [0.717, 1.165) is 22.1 Å². The van der Waals surface area contributed by atoms with Gasteiger partial charge in [0.05, 0.1) is 25.5 Å². The second kappa shape index (κ2) is 9.19. The number of thiazole rings is 1. The van der Waals surface area contributed by atoms with Gasteiger partial charge < -0.3 is 19.2 Å². The molecule has 0 aliphatic rings. The fourth-order valence-corrected chi connectivity index (χ4v) is 4.17. The van der Waals surface area contributed by atoms with Crippen molar-refractivity contribution in [1.29, 1.82) is 0 Å². The summed E-state index contributed by atoms with van der Waals surface area (Å²) in [5, 5.41) is 14.9. The maximum atomic E-state index is 5.80. The van der Waals surface area contributed by atoms with E-state index >= 15 is 0 Å². The Morgan fingerprint density at radius 1 is 1.07 bits per heavy atom. The molecule has 2 aromatic carbocycles. The standard InChI is InChI=1S/C21H20N4O3S2/c1-13-4-6-14(7-5-13)22-20-23-15(11-29-20)12-30-21-25-24-19(28-21)17-9-8-16(26-2)10-18(17)27-3/h4-11H,12H2,1-3H3,(H,22,23). The van der Waals surface area contributed by atoms with Crippen molar-refractivity contribution < 1.29 is 13.9 Å². The molecule has 4 rings (SSSR count). The lowest BCUT2D eigenvalue weighted by Gasteiger charge is -2.07. The molecule has 0 fully saturated rings. The number of aryl methyl sites for hydroxylation is 1. The first kappa shape index (κ1) is 20.2. The lowest BCUT2D eigenvalue weighted by atomic mass is 10.2. The Labute approximate surface area is 182 Å².